The molecule has 3 aromatic carbocycles. The highest BCUT2D eigenvalue weighted by molar-refractivity contribution is 5.37. The predicted octanol–water partition coefficient (Wildman–Crippen LogP) is 5.20. The summed E-state index contributed by atoms with van der Waals surface area (Å²) >= 11 is 0. The number of aliphatic hydroxyl groups is 2. The van der Waals surface area contributed by atoms with Crippen molar-refractivity contribution >= 4 is 0 Å². The first-order valence-electron chi connectivity index (χ1n) is 12.4. The minimum atomic E-state index is -1.02. The van der Waals surface area contributed by atoms with Gasteiger partial charge in [0.2, 0.25) is 0 Å². The van der Waals surface area contributed by atoms with Crippen molar-refractivity contribution in [3.8, 4) is 5.75 Å². The number of piperidine rings is 1. The van der Waals surface area contributed by atoms with Gasteiger partial charge in [-0.15, -0.1) is 0 Å². The number of rotatable bonds is 9. The number of hydrogen-bond donors (Lipinski definition) is 2. The molecule has 1 aliphatic heterocycles. The van der Waals surface area contributed by atoms with Gasteiger partial charge in [0.15, 0.2) is 0 Å². The van der Waals surface area contributed by atoms with Gasteiger partial charge in [-0.25, -0.2) is 0 Å². The summed E-state index contributed by atoms with van der Waals surface area (Å²) < 4.78 is 5.82. The Morgan fingerprint density at radius 2 is 1.38 bits per heavy atom. The third-order valence-corrected chi connectivity index (χ3v) is 7.06. The molecule has 0 saturated carbocycles. The predicted molar refractivity (Wildman–Crippen MR) is 137 cm³/mol. The number of ether oxygens (including phenoxy) is 1. The fourth-order valence-electron chi connectivity index (χ4n) is 5.05. The van der Waals surface area contributed by atoms with Crippen LogP contribution in [0.2, 0.25) is 0 Å². The van der Waals surface area contributed by atoms with Crippen LogP contribution in [0.5, 0.6) is 5.75 Å². The average Bonchev–Trinajstić information content (AvgIpc) is 2.88. The summed E-state index contributed by atoms with van der Waals surface area (Å²) in [7, 11) is 0. The van der Waals surface area contributed by atoms with Crippen LogP contribution in [0.4, 0.5) is 0 Å². The van der Waals surface area contributed by atoms with Gasteiger partial charge in [-0.1, -0.05) is 86.6 Å². The lowest BCUT2D eigenvalue weighted by atomic mass is 9.72. The molecule has 180 valence electrons. The van der Waals surface area contributed by atoms with Gasteiger partial charge in [0.1, 0.15) is 24.1 Å². The maximum Gasteiger partial charge on any atom is 0.119 e. The van der Waals surface area contributed by atoms with E-state index in [2.05, 4.69) is 30.9 Å². The van der Waals surface area contributed by atoms with Gasteiger partial charge in [0.05, 0.1) is 0 Å². The van der Waals surface area contributed by atoms with Crippen LogP contribution in [0.1, 0.15) is 49.3 Å². The third-order valence-electron chi connectivity index (χ3n) is 7.06. The molecule has 4 heteroatoms. The summed E-state index contributed by atoms with van der Waals surface area (Å²) in [6.45, 7) is 6.87. The standard InChI is InChI=1S/C30H37NO3/c1-23(2)24-13-15-29(16-14-24)34-22-28(32)21-31-19-17-27(18-20-31)30(33,25-9-5-3-6-10-25)26-11-7-4-8-12-26/h3-16,23,27-28,32-33H,17-22H2,1-2H3/t28-/m0/s1. The minimum absolute atomic E-state index is 0.112. The first kappa shape index (κ1) is 24.5. The van der Waals surface area contributed by atoms with E-state index in [9.17, 15) is 10.2 Å². The number of β-amino-alcohol motifs (C(OH)–C–C–N with tert-alkyl or cyclic N) is 1. The van der Waals surface area contributed by atoms with E-state index >= 15 is 0 Å². The summed E-state index contributed by atoms with van der Waals surface area (Å²) in [6, 6.07) is 28.1. The molecule has 4 nitrogen and oxygen atoms in total. The van der Waals surface area contributed by atoms with Gasteiger partial charge in [-0.2, -0.15) is 0 Å². The van der Waals surface area contributed by atoms with Crippen LogP contribution in [-0.4, -0.2) is 47.5 Å². The fourth-order valence-corrected chi connectivity index (χ4v) is 5.05. The lowest BCUT2D eigenvalue weighted by molar-refractivity contribution is -0.0222. The van der Waals surface area contributed by atoms with Gasteiger partial charge in [0, 0.05) is 6.54 Å². The number of hydrogen-bond acceptors (Lipinski definition) is 4. The summed E-state index contributed by atoms with van der Waals surface area (Å²) in [5, 5.41) is 22.6. The van der Waals surface area contributed by atoms with E-state index in [0.717, 1.165) is 42.8 Å². The molecule has 0 aliphatic carbocycles. The van der Waals surface area contributed by atoms with Crippen molar-refractivity contribution in [2.45, 2.75) is 44.3 Å². The SMILES string of the molecule is CC(C)c1ccc(OC[C@@H](O)CN2CCC(C(O)(c3ccccc3)c3ccccc3)CC2)cc1. The van der Waals surface area contributed by atoms with Crippen molar-refractivity contribution in [3.63, 3.8) is 0 Å². The molecule has 4 rings (SSSR count). The number of nitrogens with zero attached hydrogens (tertiary/aromatic N) is 1. The van der Waals surface area contributed by atoms with Crippen LogP contribution in [0.15, 0.2) is 84.9 Å². The molecule has 0 unspecified atom stereocenters. The van der Waals surface area contributed by atoms with Crippen molar-refractivity contribution in [1.29, 1.82) is 0 Å². The summed E-state index contributed by atoms with van der Waals surface area (Å²) in [6.07, 6.45) is 1.18. The van der Waals surface area contributed by atoms with Crippen molar-refractivity contribution in [3.05, 3.63) is 102 Å². The zero-order valence-corrected chi connectivity index (χ0v) is 20.3. The van der Waals surface area contributed by atoms with Crippen LogP contribution >= 0.6 is 0 Å². The van der Waals surface area contributed by atoms with Gasteiger partial charge < -0.3 is 19.8 Å². The van der Waals surface area contributed by atoms with E-state index in [-0.39, 0.29) is 12.5 Å². The Balaban J connectivity index is 1.33. The van der Waals surface area contributed by atoms with Crippen LogP contribution in [-0.2, 0) is 5.60 Å². The molecule has 0 radical (unpaired) electrons. The average molecular weight is 460 g/mol. The van der Waals surface area contributed by atoms with Crippen LogP contribution in [0.3, 0.4) is 0 Å². The monoisotopic (exact) mass is 459 g/mol. The Morgan fingerprint density at radius 1 is 0.853 bits per heavy atom. The molecular formula is C30H37NO3. The molecule has 1 heterocycles. The topological polar surface area (TPSA) is 52.9 Å². The summed E-state index contributed by atoms with van der Waals surface area (Å²) in [4.78, 5) is 2.28. The maximum absolute atomic E-state index is 12.0. The lowest BCUT2D eigenvalue weighted by Gasteiger charge is -2.42. The highest BCUT2D eigenvalue weighted by Gasteiger charge is 2.41. The molecule has 0 bridgehead atoms. The van der Waals surface area contributed by atoms with Crippen LogP contribution in [0, 0.1) is 5.92 Å². The second-order valence-corrected chi connectivity index (χ2v) is 9.76. The Morgan fingerprint density at radius 3 is 1.88 bits per heavy atom. The molecule has 0 spiro atoms. The maximum atomic E-state index is 12.0. The zero-order chi connectivity index (χ0) is 24.0. The van der Waals surface area contributed by atoms with E-state index in [1.165, 1.54) is 5.56 Å². The number of likely N-dealkylation sites (tertiary alicyclic amines) is 1. The van der Waals surface area contributed by atoms with E-state index in [4.69, 9.17) is 4.74 Å². The minimum Gasteiger partial charge on any atom is -0.491 e. The van der Waals surface area contributed by atoms with Crippen molar-refractivity contribution in [2.24, 2.45) is 5.92 Å². The fraction of sp³-hybridized carbons (Fsp3) is 0.400. The van der Waals surface area contributed by atoms with Crippen molar-refractivity contribution in [1.82, 2.24) is 4.90 Å². The number of aliphatic hydroxyl groups excluding tert-OH is 1. The van der Waals surface area contributed by atoms with Gasteiger partial charge in [0.25, 0.3) is 0 Å². The molecule has 0 amide bonds. The Kier molecular flexibility index (Phi) is 8.04. The molecule has 1 fully saturated rings. The van der Waals surface area contributed by atoms with Crippen molar-refractivity contribution in [2.75, 3.05) is 26.2 Å². The molecule has 0 aromatic heterocycles. The number of benzene rings is 3. The van der Waals surface area contributed by atoms with Crippen LogP contribution < -0.4 is 4.74 Å². The van der Waals surface area contributed by atoms with E-state index in [0.29, 0.717) is 12.5 Å². The second-order valence-electron chi connectivity index (χ2n) is 9.76. The molecule has 1 atom stereocenters. The summed E-state index contributed by atoms with van der Waals surface area (Å²) in [5.41, 5.74) is 2.15. The highest BCUT2D eigenvalue weighted by atomic mass is 16.5. The normalized spacial score (nSPS) is 16.5. The largest absolute Gasteiger partial charge is 0.491 e. The third kappa shape index (κ3) is 5.69. The molecule has 1 aliphatic rings. The second kappa shape index (κ2) is 11.2. The Bertz CT molecular complexity index is 957. The molecular weight excluding hydrogens is 422 g/mol. The molecule has 1 saturated heterocycles. The Labute approximate surface area is 203 Å². The van der Waals surface area contributed by atoms with Crippen LogP contribution in [0.25, 0.3) is 0 Å². The first-order chi connectivity index (χ1) is 16.5. The highest BCUT2D eigenvalue weighted by Crippen LogP contribution is 2.41. The molecule has 34 heavy (non-hydrogen) atoms. The van der Waals surface area contributed by atoms with Gasteiger partial charge in [-0.05, 0) is 66.6 Å². The van der Waals surface area contributed by atoms with E-state index in [1.54, 1.807) is 0 Å². The van der Waals surface area contributed by atoms with Gasteiger partial charge in [-0.3, -0.25) is 0 Å². The smallest absolute Gasteiger partial charge is 0.119 e. The molecule has 2 N–H and O–H groups in total. The first-order valence-corrected chi connectivity index (χ1v) is 12.4. The molecule has 3 aromatic rings. The quantitative estimate of drug-likeness (QED) is 0.462. The van der Waals surface area contributed by atoms with E-state index < -0.39 is 11.7 Å². The zero-order valence-electron chi connectivity index (χ0n) is 20.3. The van der Waals surface area contributed by atoms with E-state index in [1.807, 2.05) is 72.8 Å². The lowest BCUT2D eigenvalue weighted by Crippen LogP contribution is -2.46. The summed E-state index contributed by atoms with van der Waals surface area (Å²) in [5.74, 6) is 1.39. The van der Waals surface area contributed by atoms with Crippen molar-refractivity contribution < 1.29 is 14.9 Å². The Hall–Kier alpha value is -2.66. The van der Waals surface area contributed by atoms with Gasteiger partial charge >= 0.3 is 0 Å².